The number of aryl methyl sites for hydroxylation is 1. The summed E-state index contributed by atoms with van der Waals surface area (Å²) in [5.74, 6) is -0.207. The molecule has 2 aromatic carbocycles. The summed E-state index contributed by atoms with van der Waals surface area (Å²) < 4.78 is 13.1. The second-order valence-electron chi connectivity index (χ2n) is 4.35. The van der Waals surface area contributed by atoms with Crippen molar-refractivity contribution < 1.29 is 4.39 Å². The Bertz CT molecular complexity index is 644. The van der Waals surface area contributed by atoms with E-state index in [1.165, 1.54) is 6.07 Å². The fourth-order valence-corrected chi connectivity index (χ4v) is 1.81. The monoisotopic (exact) mass is 255 g/mol. The Morgan fingerprint density at radius 3 is 2.68 bits per heavy atom. The zero-order valence-corrected chi connectivity index (χ0v) is 10.6. The van der Waals surface area contributed by atoms with Crippen molar-refractivity contribution in [3.63, 3.8) is 0 Å². The molecule has 0 spiro atoms. The number of nitrogen functional groups attached to an aromatic ring is 1. The lowest BCUT2D eigenvalue weighted by Crippen LogP contribution is -2.03. The van der Waals surface area contributed by atoms with Gasteiger partial charge in [-0.3, -0.25) is 0 Å². The van der Waals surface area contributed by atoms with E-state index in [0.717, 1.165) is 11.3 Å². The predicted octanol–water partition coefficient (Wildman–Crippen LogP) is 3.20. The molecule has 0 bridgehead atoms. The number of halogens is 1. The highest BCUT2D eigenvalue weighted by atomic mass is 19.1. The zero-order valence-electron chi connectivity index (χ0n) is 10.6. The Kier molecular flexibility index (Phi) is 3.67. The van der Waals surface area contributed by atoms with E-state index in [9.17, 15) is 4.39 Å². The first-order valence-corrected chi connectivity index (χ1v) is 5.88. The van der Waals surface area contributed by atoms with Crippen LogP contribution in [0.2, 0.25) is 0 Å². The van der Waals surface area contributed by atoms with Gasteiger partial charge in [-0.05, 0) is 42.3 Å². The third kappa shape index (κ3) is 3.02. The summed E-state index contributed by atoms with van der Waals surface area (Å²) in [6.07, 6.45) is 0. The van der Waals surface area contributed by atoms with E-state index in [0.29, 0.717) is 23.4 Å². The van der Waals surface area contributed by atoms with Gasteiger partial charge in [-0.1, -0.05) is 12.1 Å². The van der Waals surface area contributed by atoms with Gasteiger partial charge in [-0.15, -0.1) is 0 Å². The number of nitriles is 1. The minimum absolute atomic E-state index is 0.207. The Balaban J connectivity index is 2.10. The summed E-state index contributed by atoms with van der Waals surface area (Å²) in [5, 5.41) is 11.9. The molecule has 0 saturated carbocycles. The highest BCUT2D eigenvalue weighted by Gasteiger charge is 2.02. The number of nitrogens with one attached hydrogen (secondary N) is 1. The minimum atomic E-state index is -0.207. The number of rotatable bonds is 3. The van der Waals surface area contributed by atoms with Gasteiger partial charge in [0.25, 0.3) is 0 Å². The molecular formula is C15H14FN3. The largest absolute Gasteiger partial charge is 0.397 e. The molecule has 0 aliphatic heterocycles. The third-order valence-electron chi connectivity index (χ3n) is 2.89. The molecular weight excluding hydrogens is 241 g/mol. The third-order valence-corrected chi connectivity index (χ3v) is 2.89. The van der Waals surface area contributed by atoms with Crippen LogP contribution in [-0.2, 0) is 6.54 Å². The van der Waals surface area contributed by atoms with Crippen LogP contribution in [0.3, 0.4) is 0 Å². The number of hydrogen-bond acceptors (Lipinski definition) is 3. The van der Waals surface area contributed by atoms with E-state index >= 15 is 0 Å². The van der Waals surface area contributed by atoms with Gasteiger partial charge in [-0.2, -0.15) is 5.26 Å². The van der Waals surface area contributed by atoms with Gasteiger partial charge < -0.3 is 11.1 Å². The molecule has 0 aliphatic carbocycles. The maximum Gasteiger partial charge on any atom is 0.126 e. The molecule has 3 nitrogen and oxygen atoms in total. The molecule has 19 heavy (non-hydrogen) atoms. The number of benzene rings is 2. The molecule has 0 amide bonds. The molecule has 0 saturated heterocycles. The Labute approximate surface area is 111 Å². The van der Waals surface area contributed by atoms with Crippen LogP contribution in [0.1, 0.15) is 16.7 Å². The number of anilines is 2. The van der Waals surface area contributed by atoms with E-state index in [1.807, 2.05) is 6.07 Å². The average Bonchev–Trinajstić information content (AvgIpc) is 2.41. The summed E-state index contributed by atoms with van der Waals surface area (Å²) in [6, 6.07) is 12.1. The second kappa shape index (κ2) is 5.40. The van der Waals surface area contributed by atoms with E-state index in [-0.39, 0.29) is 5.82 Å². The molecule has 96 valence electrons. The number of nitrogens with two attached hydrogens (primary N) is 1. The van der Waals surface area contributed by atoms with Gasteiger partial charge in [0.15, 0.2) is 0 Å². The summed E-state index contributed by atoms with van der Waals surface area (Å²) in [4.78, 5) is 0. The summed E-state index contributed by atoms with van der Waals surface area (Å²) in [7, 11) is 0. The predicted molar refractivity (Wildman–Crippen MR) is 74.0 cm³/mol. The average molecular weight is 255 g/mol. The molecule has 0 heterocycles. The van der Waals surface area contributed by atoms with Crippen molar-refractivity contribution in [2.75, 3.05) is 11.1 Å². The lowest BCUT2D eigenvalue weighted by Gasteiger charge is -2.10. The molecule has 4 heteroatoms. The van der Waals surface area contributed by atoms with E-state index < -0.39 is 0 Å². The Morgan fingerprint density at radius 2 is 2.05 bits per heavy atom. The lowest BCUT2D eigenvalue weighted by atomic mass is 10.1. The fourth-order valence-electron chi connectivity index (χ4n) is 1.81. The molecule has 0 unspecified atom stereocenters. The maximum atomic E-state index is 13.1. The van der Waals surface area contributed by atoms with E-state index in [4.69, 9.17) is 11.0 Å². The van der Waals surface area contributed by atoms with Crippen LogP contribution in [0.15, 0.2) is 36.4 Å². The molecule has 0 aromatic heterocycles. The van der Waals surface area contributed by atoms with Gasteiger partial charge in [0, 0.05) is 6.54 Å². The van der Waals surface area contributed by atoms with Gasteiger partial charge in [0.1, 0.15) is 5.82 Å². The Morgan fingerprint density at radius 1 is 1.26 bits per heavy atom. The first-order valence-electron chi connectivity index (χ1n) is 5.88. The van der Waals surface area contributed by atoms with E-state index in [2.05, 4.69) is 5.32 Å². The van der Waals surface area contributed by atoms with Crippen LogP contribution < -0.4 is 11.1 Å². The molecule has 0 aliphatic rings. The van der Waals surface area contributed by atoms with Gasteiger partial charge >= 0.3 is 0 Å². The lowest BCUT2D eigenvalue weighted by molar-refractivity contribution is 0.617. The summed E-state index contributed by atoms with van der Waals surface area (Å²) in [6.45, 7) is 2.28. The van der Waals surface area contributed by atoms with Crippen molar-refractivity contribution in [2.45, 2.75) is 13.5 Å². The minimum Gasteiger partial charge on any atom is -0.397 e. The van der Waals surface area contributed by atoms with Crippen LogP contribution >= 0.6 is 0 Å². The van der Waals surface area contributed by atoms with Crippen LogP contribution in [0, 0.1) is 24.1 Å². The van der Waals surface area contributed by atoms with Gasteiger partial charge in [0.2, 0.25) is 0 Å². The topological polar surface area (TPSA) is 61.8 Å². The highest BCUT2D eigenvalue weighted by Crippen LogP contribution is 2.20. The molecule has 0 atom stereocenters. The van der Waals surface area contributed by atoms with Gasteiger partial charge in [-0.25, -0.2) is 4.39 Å². The van der Waals surface area contributed by atoms with Crippen molar-refractivity contribution in [3.05, 3.63) is 58.9 Å². The maximum absolute atomic E-state index is 13.1. The number of hydrogen-bond donors (Lipinski definition) is 2. The van der Waals surface area contributed by atoms with Gasteiger partial charge in [0.05, 0.1) is 23.0 Å². The van der Waals surface area contributed by atoms with Crippen molar-refractivity contribution >= 4 is 11.4 Å². The molecule has 0 fully saturated rings. The summed E-state index contributed by atoms with van der Waals surface area (Å²) >= 11 is 0. The molecule has 2 aromatic rings. The highest BCUT2D eigenvalue weighted by molar-refractivity contribution is 5.68. The van der Waals surface area contributed by atoms with Crippen LogP contribution in [0.5, 0.6) is 0 Å². The van der Waals surface area contributed by atoms with Crippen molar-refractivity contribution in [1.82, 2.24) is 0 Å². The smallest absolute Gasteiger partial charge is 0.126 e. The first-order chi connectivity index (χ1) is 9.10. The van der Waals surface area contributed by atoms with E-state index in [1.54, 1.807) is 37.3 Å². The molecule has 3 N–H and O–H groups in total. The molecule has 2 rings (SSSR count). The van der Waals surface area contributed by atoms with Crippen molar-refractivity contribution in [1.29, 1.82) is 5.26 Å². The van der Waals surface area contributed by atoms with Crippen molar-refractivity contribution in [2.24, 2.45) is 0 Å². The van der Waals surface area contributed by atoms with Crippen LogP contribution in [0.25, 0.3) is 0 Å². The van der Waals surface area contributed by atoms with Crippen LogP contribution in [-0.4, -0.2) is 0 Å². The second-order valence-corrected chi connectivity index (χ2v) is 4.35. The quantitative estimate of drug-likeness (QED) is 0.828. The SMILES string of the molecule is Cc1cc(CNc2ccc(C#N)cc2N)ccc1F. The normalized spacial score (nSPS) is 9.95. The van der Waals surface area contributed by atoms with Crippen LogP contribution in [0.4, 0.5) is 15.8 Å². The fraction of sp³-hybridized carbons (Fsp3) is 0.133. The number of nitrogens with zero attached hydrogens (tertiary/aromatic N) is 1. The summed E-state index contributed by atoms with van der Waals surface area (Å²) in [5.41, 5.74) is 9.25. The Hall–Kier alpha value is -2.54. The zero-order chi connectivity index (χ0) is 13.8. The van der Waals surface area contributed by atoms with Crippen molar-refractivity contribution in [3.8, 4) is 6.07 Å². The molecule has 0 radical (unpaired) electrons. The standard InChI is InChI=1S/C15H14FN3/c1-10-6-12(2-4-13(10)16)9-19-15-5-3-11(8-17)7-14(15)18/h2-7,19H,9,18H2,1H3. The first kappa shape index (κ1) is 12.9.